The number of pyridine rings is 1. The van der Waals surface area contributed by atoms with Crippen molar-refractivity contribution in [2.24, 2.45) is 0 Å². The molecule has 25 heavy (non-hydrogen) atoms. The minimum absolute atomic E-state index is 0.183. The van der Waals surface area contributed by atoms with Gasteiger partial charge in [-0.1, -0.05) is 6.07 Å². The highest BCUT2D eigenvalue weighted by molar-refractivity contribution is 7.89. The number of aryl methyl sites for hydroxylation is 1. The summed E-state index contributed by atoms with van der Waals surface area (Å²) in [6.07, 6.45) is 4.96. The second-order valence-electron chi connectivity index (χ2n) is 6.22. The fraction of sp³-hybridized carbons (Fsp3) is 0.333. The summed E-state index contributed by atoms with van der Waals surface area (Å²) in [5.41, 5.74) is 2.09. The number of anilines is 1. The highest BCUT2D eigenvalue weighted by Crippen LogP contribution is 2.37. The molecule has 0 saturated carbocycles. The van der Waals surface area contributed by atoms with E-state index in [9.17, 15) is 13.2 Å². The first-order valence-electron chi connectivity index (χ1n) is 8.19. The minimum Gasteiger partial charge on any atom is -0.326 e. The van der Waals surface area contributed by atoms with Gasteiger partial charge in [-0.25, -0.2) is 8.42 Å². The van der Waals surface area contributed by atoms with E-state index in [-0.39, 0.29) is 16.8 Å². The van der Waals surface area contributed by atoms with E-state index in [1.807, 2.05) is 12.1 Å². The predicted octanol–water partition coefficient (Wildman–Crippen LogP) is 2.87. The molecule has 1 saturated heterocycles. The van der Waals surface area contributed by atoms with Gasteiger partial charge in [-0.15, -0.1) is 0 Å². The highest BCUT2D eigenvalue weighted by Gasteiger charge is 2.36. The Labute approximate surface area is 147 Å². The number of rotatable bonds is 4. The van der Waals surface area contributed by atoms with Crippen LogP contribution >= 0.6 is 0 Å². The van der Waals surface area contributed by atoms with Crippen LogP contribution in [0.5, 0.6) is 0 Å². The molecule has 1 aromatic heterocycles. The van der Waals surface area contributed by atoms with Crippen LogP contribution in [0.4, 0.5) is 5.69 Å². The number of sulfonamides is 1. The Bertz CT molecular complexity index is 882. The van der Waals surface area contributed by atoms with Crippen LogP contribution in [0.2, 0.25) is 0 Å². The number of carbonyl (C=O) groups excluding carboxylic acids is 1. The van der Waals surface area contributed by atoms with Gasteiger partial charge in [-0.3, -0.25) is 9.78 Å². The Kier molecular flexibility index (Phi) is 4.87. The van der Waals surface area contributed by atoms with E-state index >= 15 is 0 Å². The molecular formula is C18H21N3O3S. The SMILES string of the molecule is CC(=O)Nc1ccc(C)c(S(=O)(=O)N2CCC[C@@H]2c2ccncc2)c1. The third-order valence-corrected chi connectivity index (χ3v) is 6.44. The lowest BCUT2D eigenvalue weighted by Gasteiger charge is -2.25. The molecule has 1 N–H and O–H groups in total. The number of carbonyl (C=O) groups is 1. The molecule has 132 valence electrons. The number of amides is 1. The van der Waals surface area contributed by atoms with Gasteiger partial charge in [0.15, 0.2) is 0 Å². The third kappa shape index (κ3) is 3.57. The molecule has 1 atom stereocenters. The average molecular weight is 359 g/mol. The fourth-order valence-electron chi connectivity index (χ4n) is 3.23. The lowest BCUT2D eigenvalue weighted by atomic mass is 10.1. The van der Waals surface area contributed by atoms with E-state index in [2.05, 4.69) is 10.3 Å². The zero-order valence-corrected chi connectivity index (χ0v) is 15.1. The van der Waals surface area contributed by atoms with Crippen LogP contribution in [-0.4, -0.2) is 30.2 Å². The van der Waals surface area contributed by atoms with Crippen molar-refractivity contribution in [2.45, 2.75) is 37.6 Å². The number of hydrogen-bond acceptors (Lipinski definition) is 4. The van der Waals surface area contributed by atoms with Gasteiger partial charge in [-0.2, -0.15) is 4.31 Å². The molecule has 2 aromatic rings. The monoisotopic (exact) mass is 359 g/mol. The predicted molar refractivity (Wildman–Crippen MR) is 95.6 cm³/mol. The van der Waals surface area contributed by atoms with E-state index in [1.165, 1.54) is 13.0 Å². The standard InChI is InChI=1S/C18H21N3O3S/c1-13-5-6-16(20-14(2)22)12-18(13)25(23,24)21-11-3-4-17(21)15-7-9-19-10-8-15/h5-10,12,17H,3-4,11H2,1-2H3,(H,20,22)/t17-/m1/s1. The lowest BCUT2D eigenvalue weighted by molar-refractivity contribution is -0.114. The number of nitrogens with zero attached hydrogens (tertiary/aromatic N) is 2. The summed E-state index contributed by atoms with van der Waals surface area (Å²) in [7, 11) is -3.66. The van der Waals surface area contributed by atoms with Crippen LogP contribution in [0.15, 0.2) is 47.6 Å². The Hall–Kier alpha value is -2.25. The fourth-order valence-corrected chi connectivity index (χ4v) is 5.17. The molecule has 0 bridgehead atoms. The first kappa shape index (κ1) is 17.6. The first-order valence-corrected chi connectivity index (χ1v) is 9.63. The van der Waals surface area contributed by atoms with Crippen molar-refractivity contribution in [1.29, 1.82) is 0 Å². The summed E-state index contributed by atoms with van der Waals surface area (Å²) in [5, 5.41) is 2.65. The number of aromatic nitrogens is 1. The molecule has 0 radical (unpaired) electrons. The van der Waals surface area contributed by atoms with E-state index in [0.717, 1.165) is 18.4 Å². The summed E-state index contributed by atoms with van der Waals surface area (Å²) in [5.74, 6) is -0.233. The largest absolute Gasteiger partial charge is 0.326 e. The molecule has 3 rings (SSSR count). The summed E-state index contributed by atoms with van der Waals surface area (Å²) in [6, 6.07) is 8.50. The molecule has 6 nitrogen and oxygen atoms in total. The van der Waals surface area contributed by atoms with Crippen LogP contribution in [0.3, 0.4) is 0 Å². The second kappa shape index (κ2) is 6.93. The van der Waals surface area contributed by atoms with Crippen LogP contribution in [0, 0.1) is 6.92 Å². The summed E-state index contributed by atoms with van der Waals surface area (Å²) >= 11 is 0. The average Bonchev–Trinajstić information content (AvgIpc) is 3.07. The van der Waals surface area contributed by atoms with Gasteiger partial charge in [0.25, 0.3) is 0 Å². The van der Waals surface area contributed by atoms with Gasteiger partial charge < -0.3 is 5.32 Å². The van der Waals surface area contributed by atoms with Crippen molar-refractivity contribution in [3.63, 3.8) is 0 Å². The summed E-state index contributed by atoms with van der Waals surface area (Å²) < 4.78 is 28.1. The first-order chi connectivity index (χ1) is 11.9. The Balaban J connectivity index is 2.00. The van der Waals surface area contributed by atoms with Crippen molar-refractivity contribution >= 4 is 21.6 Å². The van der Waals surface area contributed by atoms with Gasteiger partial charge in [-0.05, 0) is 55.2 Å². The van der Waals surface area contributed by atoms with Crippen molar-refractivity contribution in [2.75, 3.05) is 11.9 Å². The minimum atomic E-state index is -3.66. The molecule has 1 aliphatic heterocycles. The van der Waals surface area contributed by atoms with Crippen LogP contribution in [0.1, 0.15) is 36.9 Å². The molecule has 0 unspecified atom stereocenters. The normalized spacial score (nSPS) is 18.2. The Morgan fingerprint density at radius 3 is 2.64 bits per heavy atom. The van der Waals surface area contributed by atoms with Crippen molar-refractivity contribution in [3.05, 3.63) is 53.9 Å². The van der Waals surface area contributed by atoms with E-state index < -0.39 is 10.0 Å². The van der Waals surface area contributed by atoms with Gasteiger partial charge in [0, 0.05) is 31.5 Å². The van der Waals surface area contributed by atoms with Gasteiger partial charge in [0.2, 0.25) is 15.9 Å². The molecule has 2 heterocycles. The summed E-state index contributed by atoms with van der Waals surface area (Å²) in [6.45, 7) is 3.65. The maximum absolute atomic E-state index is 13.3. The number of hydrogen-bond donors (Lipinski definition) is 1. The topological polar surface area (TPSA) is 79.4 Å². The van der Waals surface area contributed by atoms with Crippen molar-refractivity contribution in [3.8, 4) is 0 Å². The molecule has 0 spiro atoms. The van der Waals surface area contributed by atoms with Crippen LogP contribution < -0.4 is 5.32 Å². The van der Waals surface area contributed by atoms with E-state index in [4.69, 9.17) is 0 Å². The number of benzene rings is 1. The molecule has 1 amide bonds. The van der Waals surface area contributed by atoms with E-state index in [1.54, 1.807) is 35.8 Å². The molecule has 7 heteroatoms. The number of nitrogens with one attached hydrogen (secondary N) is 1. The highest BCUT2D eigenvalue weighted by atomic mass is 32.2. The second-order valence-corrected chi connectivity index (χ2v) is 8.07. The molecule has 0 aliphatic carbocycles. The zero-order chi connectivity index (χ0) is 18.0. The summed E-state index contributed by atoms with van der Waals surface area (Å²) in [4.78, 5) is 15.5. The quantitative estimate of drug-likeness (QED) is 0.910. The lowest BCUT2D eigenvalue weighted by Crippen LogP contribution is -2.31. The van der Waals surface area contributed by atoms with Crippen molar-refractivity contribution in [1.82, 2.24) is 9.29 Å². The van der Waals surface area contributed by atoms with Gasteiger partial charge >= 0.3 is 0 Å². The van der Waals surface area contributed by atoms with Crippen molar-refractivity contribution < 1.29 is 13.2 Å². The third-order valence-electron chi connectivity index (χ3n) is 4.39. The molecule has 1 aromatic carbocycles. The maximum atomic E-state index is 13.3. The van der Waals surface area contributed by atoms with Crippen LogP contribution in [-0.2, 0) is 14.8 Å². The van der Waals surface area contributed by atoms with Gasteiger partial charge in [0.1, 0.15) is 0 Å². The van der Waals surface area contributed by atoms with Crippen LogP contribution in [0.25, 0.3) is 0 Å². The smallest absolute Gasteiger partial charge is 0.243 e. The molecular weight excluding hydrogens is 338 g/mol. The van der Waals surface area contributed by atoms with Gasteiger partial charge in [0.05, 0.1) is 10.9 Å². The van der Waals surface area contributed by atoms with E-state index in [0.29, 0.717) is 17.8 Å². The zero-order valence-electron chi connectivity index (χ0n) is 14.3. The molecule has 1 fully saturated rings. The molecule has 1 aliphatic rings. The Morgan fingerprint density at radius 1 is 1.24 bits per heavy atom. The Morgan fingerprint density at radius 2 is 1.96 bits per heavy atom. The maximum Gasteiger partial charge on any atom is 0.243 e.